The second-order valence-corrected chi connectivity index (χ2v) is 6.99. The predicted molar refractivity (Wildman–Crippen MR) is 110 cm³/mol. The number of likely N-dealkylation sites (N-methyl/N-ethyl adjacent to an activating group) is 1. The second-order valence-electron chi connectivity index (χ2n) is 6.99. The van der Waals surface area contributed by atoms with Gasteiger partial charge in [-0.15, -0.1) is 0 Å². The SMILES string of the molecule is COc1ccccc1CN(C)C(=O)CN1CCNCC1c1ccccc1OC. The molecule has 0 bridgehead atoms. The fraction of sp³-hybridized carbons (Fsp3) is 0.409. The van der Waals surface area contributed by atoms with Crippen molar-refractivity contribution in [1.82, 2.24) is 15.1 Å². The van der Waals surface area contributed by atoms with Crippen LogP contribution in [0.3, 0.4) is 0 Å². The van der Waals surface area contributed by atoms with Crippen LogP contribution in [-0.2, 0) is 11.3 Å². The van der Waals surface area contributed by atoms with Gasteiger partial charge in [0.1, 0.15) is 11.5 Å². The number of carbonyl (C=O) groups excluding carboxylic acids is 1. The molecule has 0 spiro atoms. The van der Waals surface area contributed by atoms with E-state index in [2.05, 4.69) is 16.3 Å². The normalized spacial score (nSPS) is 17.2. The van der Waals surface area contributed by atoms with Crippen molar-refractivity contribution >= 4 is 5.91 Å². The summed E-state index contributed by atoms with van der Waals surface area (Å²) in [5.74, 6) is 1.75. The number of methoxy groups -OCH3 is 2. The molecule has 0 saturated carbocycles. The predicted octanol–water partition coefficient (Wildman–Crippen LogP) is 2.31. The van der Waals surface area contributed by atoms with E-state index in [-0.39, 0.29) is 11.9 Å². The zero-order chi connectivity index (χ0) is 19.9. The van der Waals surface area contributed by atoms with E-state index >= 15 is 0 Å². The Bertz CT molecular complexity index is 796. The molecular formula is C22H29N3O3. The van der Waals surface area contributed by atoms with Gasteiger partial charge in [-0.1, -0.05) is 36.4 Å². The molecule has 150 valence electrons. The van der Waals surface area contributed by atoms with E-state index in [0.717, 1.165) is 42.3 Å². The highest BCUT2D eigenvalue weighted by molar-refractivity contribution is 5.78. The summed E-state index contributed by atoms with van der Waals surface area (Å²) >= 11 is 0. The molecule has 0 radical (unpaired) electrons. The summed E-state index contributed by atoms with van der Waals surface area (Å²) in [5.41, 5.74) is 2.11. The Morgan fingerprint density at radius 1 is 1.11 bits per heavy atom. The van der Waals surface area contributed by atoms with E-state index in [1.807, 2.05) is 49.5 Å². The Labute approximate surface area is 167 Å². The van der Waals surface area contributed by atoms with E-state index in [0.29, 0.717) is 13.1 Å². The quantitative estimate of drug-likeness (QED) is 0.795. The third-order valence-corrected chi connectivity index (χ3v) is 5.22. The Hall–Kier alpha value is -2.57. The first-order valence-corrected chi connectivity index (χ1v) is 9.57. The monoisotopic (exact) mass is 383 g/mol. The molecule has 2 aromatic rings. The van der Waals surface area contributed by atoms with Crippen molar-refractivity contribution in [2.45, 2.75) is 12.6 Å². The lowest BCUT2D eigenvalue weighted by molar-refractivity contribution is -0.132. The maximum absolute atomic E-state index is 12.9. The van der Waals surface area contributed by atoms with Gasteiger partial charge < -0.3 is 19.7 Å². The summed E-state index contributed by atoms with van der Waals surface area (Å²) in [5, 5.41) is 3.43. The third-order valence-electron chi connectivity index (χ3n) is 5.22. The van der Waals surface area contributed by atoms with Gasteiger partial charge in [0.15, 0.2) is 0 Å². The van der Waals surface area contributed by atoms with Crippen LogP contribution in [0, 0.1) is 0 Å². The third kappa shape index (κ3) is 4.64. The number of nitrogens with one attached hydrogen (secondary N) is 1. The van der Waals surface area contributed by atoms with Gasteiger partial charge in [0.25, 0.3) is 0 Å². The number of hydrogen-bond acceptors (Lipinski definition) is 5. The Balaban J connectivity index is 1.70. The molecule has 1 heterocycles. The van der Waals surface area contributed by atoms with Gasteiger partial charge in [0, 0.05) is 44.4 Å². The van der Waals surface area contributed by atoms with Crippen LogP contribution >= 0.6 is 0 Å². The van der Waals surface area contributed by atoms with Crippen LogP contribution < -0.4 is 14.8 Å². The van der Waals surface area contributed by atoms with Crippen molar-refractivity contribution < 1.29 is 14.3 Å². The van der Waals surface area contributed by atoms with E-state index in [9.17, 15) is 4.79 Å². The lowest BCUT2D eigenvalue weighted by atomic mass is 10.0. The first-order chi connectivity index (χ1) is 13.6. The highest BCUT2D eigenvalue weighted by Gasteiger charge is 2.28. The van der Waals surface area contributed by atoms with Crippen LogP contribution in [-0.4, -0.2) is 63.2 Å². The van der Waals surface area contributed by atoms with Crippen LogP contribution in [0.4, 0.5) is 0 Å². The highest BCUT2D eigenvalue weighted by Crippen LogP contribution is 2.30. The molecule has 6 nitrogen and oxygen atoms in total. The zero-order valence-electron chi connectivity index (χ0n) is 16.9. The number of ether oxygens (including phenoxy) is 2. The summed E-state index contributed by atoms with van der Waals surface area (Å²) in [6, 6.07) is 15.9. The standard InChI is InChI=1S/C22H29N3O3/c1-24(15-17-8-4-6-10-20(17)27-2)22(26)16-25-13-12-23-14-19(25)18-9-5-7-11-21(18)28-3/h4-11,19,23H,12-16H2,1-3H3. The average molecular weight is 383 g/mol. The molecule has 1 unspecified atom stereocenters. The van der Waals surface area contributed by atoms with Crippen LogP contribution in [0.25, 0.3) is 0 Å². The summed E-state index contributed by atoms with van der Waals surface area (Å²) in [4.78, 5) is 16.9. The number of para-hydroxylation sites is 2. The minimum atomic E-state index is 0.0905. The molecule has 1 saturated heterocycles. The highest BCUT2D eigenvalue weighted by atomic mass is 16.5. The summed E-state index contributed by atoms with van der Waals surface area (Å²) in [6.07, 6.45) is 0. The van der Waals surface area contributed by atoms with E-state index in [1.54, 1.807) is 19.1 Å². The first-order valence-electron chi connectivity index (χ1n) is 9.57. The number of carbonyl (C=O) groups is 1. The second kappa shape index (κ2) is 9.57. The number of piperazine rings is 1. The van der Waals surface area contributed by atoms with Crippen molar-refractivity contribution in [2.75, 3.05) is 47.4 Å². The van der Waals surface area contributed by atoms with Gasteiger partial charge in [-0.25, -0.2) is 0 Å². The van der Waals surface area contributed by atoms with E-state index in [1.165, 1.54) is 0 Å². The van der Waals surface area contributed by atoms with Gasteiger partial charge in [0.2, 0.25) is 5.91 Å². The Morgan fingerprint density at radius 3 is 2.54 bits per heavy atom. The fourth-order valence-corrected chi connectivity index (χ4v) is 3.66. The van der Waals surface area contributed by atoms with Gasteiger partial charge in [-0.05, 0) is 12.1 Å². The number of nitrogens with zero attached hydrogens (tertiary/aromatic N) is 2. The Morgan fingerprint density at radius 2 is 1.79 bits per heavy atom. The maximum Gasteiger partial charge on any atom is 0.236 e. The maximum atomic E-state index is 12.9. The van der Waals surface area contributed by atoms with Crippen molar-refractivity contribution in [3.8, 4) is 11.5 Å². The van der Waals surface area contributed by atoms with Gasteiger partial charge >= 0.3 is 0 Å². The molecule has 1 atom stereocenters. The largest absolute Gasteiger partial charge is 0.496 e. The van der Waals surface area contributed by atoms with Crippen LogP contribution in [0.1, 0.15) is 17.2 Å². The zero-order valence-corrected chi connectivity index (χ0v) is 16.9. The van der Waals surface area contributed by atoms with Crippen molar-refractivity contribution in [3.63, 3.8) is 0 Å². The smallest absolute Gasteiger partial charge is 0.236 e. The molecule has 2 aromatic carbocycles. The molecule has 28 heavy (non-hydrogen) atoms. The lowest BCUT2D eigenvalue weighted by Crippen LogP contribution is -2.49. The molecule has 0 aliphatic carbocycles. The molecule has 1 aliphatic rings. The van der Waals surface area contributed by atoms with E-state index < -0.39 is 0 Å². The minimum absolute atomic E-state index is 0.0905. The van der Waals surface area contributed by atoms with Crippen LogP contribution in [0.15, 0.2) is 48.5 Å². The van der Waals surface area contributed by atoms with Crippen molar-refractivity contribution in [3.05, 3.63) is 59.7 Å². The molecule has 1 fully saturated rings. The van der Waals surface area contributed by atoms with Crippen molar-refractivity contribution in [2.24, 2.45) is 0 Å². The molecule has 1 N–H and O–H groups in total. The average Bonchev–Trinajstić information content (AvgIpc) is 2.74. The number of benzene rings is 2. The van der Waals surface area contributed by atoms with Crippen molar-refractivity contribution in [1.29, 1.82) is 0 Å². The fourth-order valence-electron chi connectivity index (χ4n) is 3.66. The van der Waals surface area contributed by atoms with Crippen LogP contribution in [0.5, 0.6) is 11.5 Å². The van der Waals surface area contributed by atoms with Crippen LogP contribution in [0.2, 0.25) is 0 Å². The molecular weight excluding hydrogens is 354 g/mol. The number of rotatable bonds is 7. The molecule has 6 heteroatoms. The van der Waals surface area contributed by atoms with Gasteiger partial charge in [-0.3, -0.25) is 9.69 Å². The lowest BCUT2D eigenvalue weighted by Gasteiger charge is -2.37. The summed E-state index contributed by atoms with van der Waals surface area (Å²) in [7, 11) is 5.18. The topological polar surface area (TPSA) is 54.0 Å². The first kappa shape index (κ1) is 20.2. The van der Waals surface area contributed by atoms with E-state index in [4.69, 9.17) is 9.47 Å². The Kier molecular flexibility index (Phi) is 6.90. The molecule has 3 rings (SSSR count). The molecule has 0 aromatic heterocycles. The van der Waals surface area contributed by atoms with Gasteiger partial charge in [0.05, 0.1) is 26.8 Å². The minimum Gasteiger partial charge on any atom is -0.496 e. The number of amides is 1. The molecule has 1 aliphatic heterocycles. The van der Waals surface area contributed by atoms with Gasteiger partial charge in [-0.2, -0.15) is 0 Å². The molecule has 1 amide bonds. The summed E-state index contributed by atoms with van der Waals surface area (Å²) in [6.45, 7) is 3.38. The summed E-state index contributed by atoms with van der Waals surface area (Å²) < 4.78 is 10.9. The number of hydrogen-bond donors (Lipinski definition) is 1.